The van der Waals surface area contributed by atoms with Crippen molar-refractivity contribution in [3.63, 3.8) is 0 Å². The second-order valence-corrected chi connectivity index (χ2v) is 13.0. The molecule has 2 heterocycles. The number of sulfone groups is 1. The van der Waals surface area contributed by atoms with Crippen molar-refractivity contribution in [3.05, 3.63) is 89.4 Å². The second-order valence-electron chi connectivity index (χ2n) is 10.7. The maximum absolute atomic E-state index is 13.2. The topological polar surface area (TPSA) is 101 Å². The summed E-state index contributed by atoms with van der Waals surface area (Å²) in [5, 5.41) is 8.27. The summed E-state index contributed by atoms with van der Waals surface area (Å²) >= 11 is 0. The molecule has 1 aliphatic heterocycles. The summed E-state index contributed by atoms with van der Waals surface area (Å²) in [6.07, 6.45) is 4.83. The van der Waals surface area contributed by atoms with Gasteiger partial charge in [0.25, 0.3) is 11.8 Å². The van der Waals surface area contributed by atoms with Gasteiger partial charge in [0, 0.05) is 55.1 Å². The Labute approximate surface area is 239 Å². The predicted octanol–water partition coefficient (Wildman–Crippen LogP) is 4.48. The van der Waals surface area contributed by atoms with Gasteiger partial charge in [-0.1, -0.05) is 24.3 Å². The van der Waals surface area contributed by atoms with Crippen LogP contribution >= 0.6 is 0 Å². The van der Waals surface area contributed by atoms with Gasteiger partial charge in [-0.3, -0.25) is 14.3 Å². The summed E-state index contributed by atoms with van der Waals surface area (Å²) in [7, 11) is -3.15. The molecule has 1 fully saturated rings. The number of likely N-dealkylation sites (tertiary alicyclic amines) is 1. The molecule has 0 radical (unpaired) electrons. The van der Waals surface area contributed by atoms with Crippen LogP contribution in [-0.4, -0.2) is 66.6 Å². The average molecular weight is 577 g/mol. The molecule has 0 bridgehead atoms. The van der Waals surface area contributed by atoms with E-state index in [0.717, 1.165) is 53.2 Å². The Bertz CT molecular complexity index is 1670. The molecule has 10 heteroatoms. The highest BCUT2D eigenvalue weighted by atomic mass is 32.2. The Kier molecular flexibility index (Phi) is 8.21. The van der Waals surface area contributed by atoms with Crippen molar-refractivity contribution < 1.29 is 22.4 Å². The number of nitrogens with zero attached hydrogens (tertiary/aromatic N) is 3. The van der Waals surface area contributed by atoms with Crippen molar-refractivity contribution in [2.45, 2.75) is 26.3 Å². The fraction of sp³-hybridized carbons (Fsp3) is 0.323. The molecule has 41 heavy (non-hydrogen) atoms. The van der Waals surface area contributed by atoms with Gasteiger partial charge >= 0.3 is 0 Å². The normalized spacial score (nSPS) is 14.4. The van der Waals surface area contributed by atoms with E-state index in [1.54, 1.807) is 18.2 Å². The third-order valence-electron chi connectivity index (χ3n) is 7.67. The standard InChI is InChI=1S/C31H33FN4O4S/c1-21-27(30(37)33-15-18-41(2,39)40)11-12-29-28(21)20-36(34-29)19-22-13-16-35(17-14-22)31(38)25-5-3-23(4-6-25)24-7-9-26(32)10-8-24/h3-12,20,22H,13-19H2,1-2H3,(H,33,37). The van der Waals surface area contributed by atoms with Crippen LogP contribution in [0.15, 0.2) is 66.9 Å². The first kappa shape index (κ1) is 28.5. The molecule has 0 unspecified atom stereocenters. The smallest absolute Gasteiger partial charge is 0.253 e. The number of benzene rings is 3. The van der Waals surface area contributed by atoms with Gasteiger partial charge in [-0.05, 0) is 78.8 Å². The maximum Gasteiger partial charge on any atom is 0.253 e. The zero-order valence-electron chi connectivity index (χ0n) is 23.1. The number of carbonyl (C=O) groups excluding carboxylic acids is 2. The van der Waals surface area contributed by atoms with E-state index in [9.17, 15) is 22.4 Å². The molecule has 0 saturated carbocycles. The van der Waals surface area contributed by atoms with E-state index < -0.39 is 9.84 Å². The van der Waals surface area contributed by atoms with Gasteiger partial charge < -0.3 is 10.2 Å². The molecule has 1 N–H and O–H groups in total. The maximum atomic E-state index is 13.2. The summed E-state index contributed by atoms with van der Waals surface area (Å²) in [5.74, 6) is -0.307. The minimum Gasteiger partial charge on any atom is -0.351 e. The summed E-state index contributed by atoms with van der Waals surface area (Å²) < 4.78 is 37.8. The minimum atomic E-state index is -3.15. The second kappa shape index (κ2) is 11.8. The van der Waals surface area contributed by atoms with Crippen LogP contribution in [0.3, 0.4) is 0 Å². The Morgan fingerprint density at radius 3 is 2.24 bits per heavy atom. The number of halogens is 1. The number of carbonyl (C=O) groups is 2. The van der Waals surface area contributed by atoms with Crippen LogP contribution in [0.5, 0.6) is 0 Å². The van der Waals surface area contributed by atoms with E-state index in [1.807, 2.05) is 53.0 Å². The summed E-state index contributed by atoms with van der Waals surface area (Å²) in [6.45, 7) is 3.99. The number of fused-ring (bicyclic) bond motifs is 1. The van der Waals surface area contributed by atoms with Crippen LogP contribution < -0.4 is 5.32 Å². The summed E-state index contributed by atoms with van der Waals surface area (Å²) in [5.41, 5.74) is 4.57. The van der Waals surface area contributed by atoms with Crippen molar-refractivity contribution in [1.29, 1.82) is 0 Å². The third kappa shape index (κ3) is 6.82. The summed E-state index contributed by atoms with van der Waals surface area (Å²) in [4.78, 5) is 27.6. The first-order valence-electron chi connectivity index (χ1n) is 13.7. The van der Waals surface area contributed by atoms with Crippen LogP contribution in [0.4, 0.5) is 4.39 Å². The lowest BCUT2D eigenvalue weighted by atomic mass is 9.96. The molecular formula is C31H33FN4O4S. The van der Waals surface area contributed by atoms with Gasteiger partial charge in [0.05, 0.1) is 11.3 Å². The van der Waals surface area contributed by atoms with E-state index in [2.05, 4.69) is 5.32 Å². The molecule has 214 valence electrons. The molecule has 8 nitrogen and oxygen atoms in total. The van der Waals surface area contributed by atoms with Crippen LogP contribution in [0.2, 0.25) is 0 Å². The lowest BCUT2D eigenvalue weighted by molar-refractivity contribution is 0.0681. The zero-order chi connectivity index (χ0) is 29.1. The first-order valence-corrected chi connectivity index (χ1v) is 15.7. The molecule has 1 aliphatic rings. The molecule has 0 aliphatic carbocycles. The molecule has 1 saturated heterocycles. The number of piperidine rings is 1. The molecular weight excluding hydrogens is 543 g/mol. The van der Waals surface area contributed by atoms with Crippen molar-refractivity contribution in [2.24, 2.45) is 5.92 Å². The third-order valence-corrected chi connectivity index (χ3v) is 8.61. The van der Waals surface area contributed by atoms with Crippen molar-refractivity contribution in [2.75, 3.05) is 31.6 Å². The molecule has 0 spiro atoms. The summed E-state index contributed by atoms with van der Waals surface area (Å²) in [6, 6.07) is 17.3. The van der Waals surface area contributed by atoms with Crippen LogP contribution in [0.25, 0.3) is 22.0 Å². The Morgan fingerprint density at radius 1 is 0.976 bits per heavy atom. The molecule has 1 aromatic heterocycles. The number of rotatable bonds is 8. The van der Waals surface area contributed by atoms with Gasteiger partial charge in [0.2, 0.25) is 0 Å². The van der Waals surface area contributed by atoms with Crippen molar-refractivity contribution in [3.8, 4) is 11.1 Å². The number of aromatic nitrogens is 2. The monoisotopic (exact) mass is 576 g/mol. The van der Waals surface area contributed by atoms with Crippen molar-refractivity contribution in [1.82, 2.24) is 20.0 Å². The lowest BCUT2D eigenvalue weighted by Crippen LogP contribution is -2.39. The number of amides is 2. The van der Waals surface area contributed by atoms with E-state index in [1.165, 1.54) is 12.1 Å². The molecule has 3 aromatic carbocycles. The number of hydrogen-bond acceptors (Lipinski definition) is 5. The fourth-order valence-electron chi connectivity index (χ4n) is 5.28. The van der Waals surface area contributed by atoms with Gasteiger partial charge in [-0.25, -0.2) is 12.8 Å². The Morgan fingerprint density at radius 2 is 1.61 bits per heavy atom. The van der Waals surface area contributed by atoms with Gasteiger partial charge in [0.1, 0.15) is 15.7 Å². The van der Waals surface area contributed by atoms with Crippen LogP contribution in [0, 0.1) is 18.7 Å². The van der Waals surface area contributed by atoms with E-state index in [4.69, 9.17) is 5.10 Å². The highest BCUT2D eigenvalue weighted by Crippen LogP contribution is 2.25. The molecule has 5 rings (SSSR count). The van der Waals surface area contributed by atoms with E-state index in [-0.39, 0.29) is 29.9 Å². The van der Waals surface area contributed by atoms with Gasteiger partial charge in [-0.2, -0.15) is 5.10 Å². The van der Waals surface area contributed by atoms with Gasteiger partial charge in [-0.15, -0.1) is 0 Å². The zero-order valence-corrected chi connectivity index (χ0v) is 24.0. The van der Waals surface area contributed by atoms with E-state index >= 15 is 0 Å². The fourth-order valence-corrected chi connectivity index (χ4v) is 5.75. The molecule has 2 amide bonds. The molecule has 0 atom stereocenters. The minimum absolute atomic E-state index is 0.0110. The highest BCUT2D eigenvalue weighted by molar-refractivity contribution is 7.90. The van der Waals surface area contributed by atoms with Crippen LogP contribution in [-0.2, 0) is 16.4 Å². The Balaban J connectivity index is 1.17. The van der Waals surface area contributed by atoms with E-state index in [0.29, 0.717) is 30.1 Å². The molecule has 4 aromatic rings. The SMILES string of the molecule is Cc1c(C(=O)NCCS(C)(=O)=O)ccc2nn(CC3CCN(C(=O)c4ccc(-c5ccc(F)cc5)cc4)CC3)cc12. The number of aryl methyl sites for hydroxylation is 1. The highest BCUT2D eigenvalue weighted by Gasteiger charge is 2.24. The Hall–Kier alpha value is -4.05. The number of nitrogens with one attached hydrogen (secondary N) is 1. The first-order chi connectivity index (χ1) is 19.6. The number of hydrogen-bond donors (Lipinski definition) is 1. The largest absolute Gasteiger partial charge is 0.351 e. The lowest BCUT2D eigenvalue weighted by Gasteiger charge is -2.32. The van der Waals surface area contributed by atoms with Gasteiger partial charge in [0.15, 0.2) is 0 Å². The predicted molar refractivity (Wildman–Crippen MR) is 157 cm³/mol. The van der Waals surface area contributed by atoms with Crippen LogP contribution in [0.1, 0.15) is 39.1 Å². The van der Waals surface area contributed by atoms with Crippen molar-refractivity contribution >= 4 is 32.6 Å². The average Bonchev–Trinajstić information content (AvgIpc) is 3.36. The quantitative estimate of drug-likeness (QED) is 0.333.